The molecule has 2 amide bonds. The van der Waals surface area contributed by atoms with Crippen LogP contribution in [0.25, 0.3) is 0 Å². The number of imide groups is 1. The monoisotopic (exact) mass is 267 g/mol. The molecule has 0 spiro atoms. The molecular weight excluding hydrogens is 250 g/mol. The molecule has 1 fully saturated rings. The van der Waals surface area contributed by atoms with Gasteiger partial charge in [0, 0.05) is 12.8 Å². The zero-order chi connectivity index (χ0) is 13.7. The number of hydroxylamine groups is 2. The van der Waals surface area contributed by atoms with Gasteiger partial charge in [-0.2, -0.15) is 0 Å². The first-order valence-electron chi connectivity index (χ1n) is 6.58. The van der Waals surface area contributed by atoms with E-state index >= 15 is 0 Å². The number of nitrogens with zero attached hydrogens (tertiary/aromatic N) is 1. The van der Waals surface area contributed by atoms with Crippen molar-refractivity contribution in [3.05, 3.63) is 12.2 Å². The Hall–Kier alpha value is -1.85. The van der Waals surface area contributed by atoms with Crippen LogP contribution in [0.3, 0.4) is 0 Å². The number of allylic oxidation sites excluding steroid dienone is 1. The van der Waals surface area contributed by atoms with Crippen molar-refractivity contribution in [2.75, 3.05) is 0 Å². The van der Waals surface area contributed by atoms with Crippen molar-refractivity contribution in [2.24, 2.45) is 0 Å². The van der Waals surface area contributed by atoms with Gasteiger partial charge in [-0.3, -0.25) is 14.4 Å². The van der Waals surface area contributed by atoms with Crippen LogP contribution in [0, 0.1) is 0 Å². The quantitative estimate of drug-likeness (QED) is 0.435. The molecule has 2 aliphatic rings. The lowest BCUT2D eigenvalue weighted by Gasteiger charge is -2.17. The third kappa shape index (κ3) is 3.81. The van der Waals surface area contributed by atoms with Gasteiger partial charge in [-0.1, -0.05) is 17.6 Å². The van der Waals surface area contributed by atoms with Gasteiger partial charge in [0.2, 0.25) is 0 Å². The Balaban J connectivity index is 1.84. The summed E-state index contributed by atoms with van der Waals surface area (Å²) in [5, 5.41) is 0.495. The summed E-state index contributed by atoms with van der Waals surface area (Å²) in [5.41, 5.74) is 0. The molecule has 6 nitrogen and oxygen atoms in total. The Morgan fingerprint density at radius 2 is 1.89 bits per heavy atom. The van der Waals surface area contributed by atoms with Gasteiger partial charge in [0.1, 0.15) is 6.10 Å². The van der Waals surface area contributed by atoms with Crippen LogP contribution in [0.2, 0.25) is 0 Å². The molecule has 1 aliphatic carbocycles. The van der Waals surface area contributed by atoms with E-state index in [0.717, 1.165) is 32.1 Å². The number of hydrogen-bond donors (Lipinski definition) is 0. The molecule has 0 saturated carbocycles. The Kier molecular flexibility index (Phi) is 4.54. The fourth-order valence-electron chi connectivity index (χ4n) is 2.10. The minimum Gasteiger partial charge on any atom is -0.425 e. The maximum atomic E-state index is 11.5. The summed E-state index contributed by atoms with van der Waals surface area (Å²) < 4.78 is 5.09. The Morgan fingerprint density at radius 1 is 1.16 bits per heavy atom. The number of rotatable bonds is 2. The third-order valence-corrected chi connectivity index (χ3v) is 3.13. The lowest BCUT2D eigenvalue weighted by molar-refractivity contribution is -0.178. The Labute approximate surface area is 111 Å². The predicted molar refractivity (Wildman–Crippen MR) is 64.7 cm³/mol. The largest absolute Gasteiger partial charge is 0.534 e. The first-order valence-corrected chi connectivity index (χ1v) is 6.58. The van der Waals surface area contributed by atoms with E-state index in [1.165, 1.54) is 0 Å². The maximum Gasteiger partial charge on any atom is 0.534 e. The summed E-state index contributed by atoms with van der Waals surface area (Å²) in [4.78, 5) is 38.7. The van der Waals surface area contributed by atoms with E-state index in [1.54, 1.807) is 0 Å². The van der Waals surface area contributed by atoms with Crippen molar-refractivity contribution in [1.29, 1.82) is 0 Å². The number of carbonyl (C=O) groups excluding carboxylic acids is 3. The van der Waals surface area contributed by atoms with Gasteiger partial charge in [-0.25, -0.2) is 4.79 Å². The van der Waals surface area contributed by atoms with Crippen molar-refractivity contribution in [1.82, 2.24) is 5.06 Å². The van der Waals surface area contributed by atoms with E-state index in [-0.39, 0.29) is 18.9 Å². The molecule has 0 N–H and O–H groups in total. The average Bonchev–Trinajstić information content (AvgIpc) is 2.64. The zero-order valence-corrected chi connectivity index (χ0v) is 10.7. The van der Waals surface area contributed by atoms with Gasteiger partial charge in [-0.15, -0.1) is 0 Å². The van der Waals surface area contributed by atoms with E-state index in [4.69, 9.17) is 4.74 Å². The van der Waals surface area contributed by atoms with Crippen molar-refractivity contribution in [3.8, 4) is 0 Å². The molecule has 0 bridgehead atoms. The molecule has 2 rings (SSSR count). The molecule has 0 aromatic carbocycles. The highest BCUT2D eigenvalue weighted by atomic mass is 16.8. The lowest BCUT2D eigenvalue weighted by Crippen LogP contribution is -2.33. The van der Waals surface area contributed by atoms with E-state index in [9.17, 15) is 14.4 Å². The second-order valence-corrected chi connectivity index (χ2v) is 4.65. The van der Waals surface area contributed by atoms with Gasteiger partial charge in [0.05, 0.1) is 0 Å². The molecule has 0 aromatic rings. The molecule has 6 heteroatoms. The van der Waals surface area contributed by atoms with Gasteiger partial charge in [0.15, 0.2) is 0 Å². The van der Waals surface area contributed by atoms with Gasteiger partial charge < -0.3 is 4.74 Å². The first-order chi connectivity index (χ1) is 9.16. The van der Waals surface area contributed by atoms with Crippen molar-refractivity contribution >= 4 is 18.0 Å². The summed E-state index contributed by atoms with van der Waals surface area (Å²) in [6, 6.07) is 0. The average molecular weight is 267 g/mol. The summed E-state index contributed by atoms with van der Waals surface area (Å²) in [5.74, 6) is -1.01. The third-order valence-electron chi connectivity index (χ3n) is 3.13. The Bertz CT molecular complexity index is 388. The summed E-state index contributed by atoms with van der Waals surface area (Å²) >= 11 is 0. The molecule has 19 heavy (non-hydrogen) atoms. The van der Waals surface area contributed by atoms with Crippen LogP contribution < -0.4 is 0 Å². The van der Waals surface area contributed by atoms with Crippen LogP contribution in [0.1, 0.15) is 44.9 Å². The number of amides is 2. The van der Waals surface area contributed by atoms with E-state index in [0.29, 0.717) is 5.06 Å². The minimum atomic E-state index is -1.00. The highest BCUT2D eigenvalue weighted by molar-refractivity contribution is 6.01. The summed E-state index contributed by atoms with van der Waals surface area (Å²) in [6.07, 6.45) is 7.53. The second-order valence-electron chi connectivity index (χ2n) is 4.65. The summed E-state index contributed by atoms with van der Waals surface area (Å²) in [6.45, 7) is 0. The fraction of sp³-hybridized carbons (Fsp3) is 0.615. The molecule has 0 radical (unpaired) electrons. The number of hydrogen-bond acceptors (Lipinski definition) is 5. The predicted octanol–water partition coefficient (Wildman–Crippen LogP) is 2.09. The van der Waals surface area contributed by atoms with Crippen molar-refractivity contribution in [2.45, 2.75) is 51.0 Å². The smallest absolute Gasteiger partial charge is 0.425 e. The molecule has 104 valence electrons. The highest BCUT2D eigenvalue weighted by Gasteiger charge is 2.33. The van der Waals surface area contributed by atoms with E-state index < -0.39 is 18.0 Å². The maximum absolute atomic E-state index is 11.5. The van der Waals surface area contributed by atoms with Crippen LogP contribution in [-0.4, -0.2) is 29.1 Å². The van der Waals surface area contributed by atoms with E-state index in [2.05, 4.69) is 4.84 Å². The van der Waals surface area contributed by atoms with Crippen LogP contribution in [0.5, 0.6) is 0 Å². The second kappa shape index (κ2) is 6.36. The number of ether oxygens (including phenoxy) is 1. The highest BCUT2D eigenvalue weighted by Crippen LogP contribution is 2.16. The van der Waals surface area contributed by atoms with Crippen LogP contribution in [0.4, 0.5) is 4.79 Å². The zero-order valence-electron chi connectivity index (χ0n) is 10.7. The fourth-order valence-corrected chi connectivity index (χ4v) is 2.10. The lowest BCUT2D eigenvalue weighted by atomic mass is 10.0. The normalized spacial score (nSPS) is 25.7. The molecule has 1 saturated heterocycles. The standard InChI is InChI=1S/C13H17NO5/c15-11-8-9-12(16)14(11)19-13(17)18-10-6-4-2-1-3-5-7-10/h4,6,10H,1-3,5,7-9H2/b6-4+/t10-/m1/s1. The van der Waals surface area contributed by atoms with Crippen LogP contribution >= 0.6 is 0 Å². The Morgan fingerprint density at radius 3 is 2.63 bits per heavy atom. The van der Waals surface area contributed by atoms with Crippen molar-refractivity contribution in [3.63, 3.8) is 0 Å². The topological polar surface area (TPSA) is 72.9 Å². The summed E-state index contributed by atoms with van der Waals surface area (Å²) in [7, 11) is 0. The van der Waals surface area contributed by atoms with Crippen LogP contribution in [0.15, 0.2) is 12.2 Å². The SMILES string of the molecule is O=C(O[C@@H]1/C=C/CCCCC1)ON1C(=O)CCC1=O. The van der Waals surface area contributed by atoms with Gasteiger partial charge >= 0.3 is 6.16 Å². The number of carbonyl (C=O) groups is 3. The molecule has 0 aromatic heterocycles. The van der Waals surface area contributed by atoms with Gasteiger partial charge in [-0.05, 0) is 31.8 Å². The molecule has 1 atom stereocenters. The van der Waals surface area contributed by atoms with E-state index in [1.807, 2.05) is 12.2 Å². The molecule has 1 aliphatic heterocycles. The van der Waals surface area contributed by atoms with Gasteiger partial charge in [0.25, 0.3) is 11.8 Å². The van der Waals surface area contributed by atoms with Crippen molar-refractivity contribution < 1.29 is 24.0 Å². The molecular formula is C13H17NO5. The molecule has 1 heterocycles. The molecule has 0 unspecified atom stereocenters. The first kappa shape index (κ1) is 13.6. The van der Waals surface area contributed by atoms with Crippen LogP contribution in [-0.2, 0) is 19.2 Å². The minimum absolute atomic E-state index is 0.0788.